The zero-order chi connectivity index (χ0) is 16.0. The van der Waals surface area contributed by atoms with Crippen molar-refractivity contribution in [3.8, 4) is 0 Å². The van der Waals surface area contributed by atoms with Crippen molar-refractivity contribution in [2.45, 2.75) is 65.5 Å². The van der Waals surface area contributed by atoms with Crippen LogP contribution in [0.4, 0.5) is 0 Å². The molecule has 0 aliphatic carbocycles. The van der Waals surface area contributed by atoms with E-state index in [1.165, 1.54) is 0 Å². The Morgan fingerprint density at radius 2 is 0.700 bits per heavy atom. The fourth-order valence-electron chi connectivity index (χ4n) is 3.06. The van der Waals surface area contributed by atoms with Crippen LogP contribution >= 0.6 is 10.7 Å². The van der Waals surface area contributed by atoms with E-state index in [1.54, 1.807) is 0 Å². The zero-order valence-electron chi connectivity index (χ0n) is 14.5. The highest BCUT2D eigenvalue weighted by Gasteiger charge is 2.50. The Morgan fingerprint density at radius 1 is 0.450 bits per heavy atom. The summed E-state index contributed by atoms with van der Waals surface area (Å²) in [6.45, 7) is 21.9. The van der Waals surface area contributed by atoms with Gasteiger partial charge < -0.3 is 16.5 Å². The summed E-state index contributed by atoms with van der Waals surface area (Å²) in [6, 6.07) is 0. The maximum absolute atomic E-state index is 6.48. The molecule has 10 heteroatoms. The summed E-state index contributed by atoms with van der Waals surface area (Å²) in [6.07, 6.45) is 0. The summed E-state index contributed by atoms with van der Waals surface area (Å²) in [5.74, 6) is 0. The van der Waals surface area contributed by atoms with Crippen molar-refractivity contribution in [1.82, 2.24) is 0 Å². The second-order valence-electron chi connectivity index (χ2n) is 7.51. The summed E-state index contributed by atoms with van der Waals surface area (Å²) in [4.78, 5) is 0. The van der Waals surface area contributed by atoms with Gasteiger partial charge in [-0.2, -0.15) is 10.7 Å². The van der Waals surface area contributed by atoms with E-state index in [2.05, 4.69) is 65.5 Å². The Labute approximate surface area is 133 Å². The molecule has 1 saturated heterocycles. The van der Waals surface area contributed by atoms with Crippen molar-refractivity contribution in [2.24, 2.45) is 0 Å². The molecule has 0 aromatic rings. The molecule has 0 aromatic heterocycles. The molecule has 1 heterocycles. The van der Waals surface area contributed by atoms with E-state index < -0.39 is 40.6 Å². The molecule has 1 rings (SSSR count). The van der Waals surface area contributed by atoms with Crippen LogP contribution in [-0.4, -0.2) is 40.6 Å². The zero-order valence-corrected chi connectivity index (χ0v) is 20.4. The van der Waals surface area contributed by atoms with Gasteiger partial charge in [0.15, 0.2) is 0 Å². The van der Waals surface area contributed by atoms with Gasteiger partial charge in [0.2, 0.25) is 14.9 Å². The lowest BCUT2D eigenvalue weighted by Crippen LogP contribution is -2.61. The van der Waals surface area contributed by atoms with Gasteiger partial charge in [0, 0.05) is 0 Å². The van der Waals surface area contributed by atoms with Crippen molar-refractivity contribution < 1.29 is 16.5 Å². The first kappa shape index (κ1) is 19.3. The fourth-order valence-corrected chi connectivity index (χ4v) is 46.0. The van der Waals surface area contributed by atoms with Gasteiger partial charge in [0.05, 0.1) is 0 Å². The van der Waals surface area contributed by atoms with Crippen molar-refractivity contribution in [1.29, 1.82) is 0 Å². The van der Waals surface area contributed by atoms with Crippen LogP contribution in [0.15, 0.2) is 0 Å². The lowest BCUT2D eigenvalue weighted by atomic mass is 11.9. The molecule has 0 unspecified atom stereocenters. The monoisotopic (exact) mass is 386 g/mol. The van der Waals surface area contributed by atoms with E-state index in [0.717, 1.165) is 0 Å². The Balaban J connectivity index is 3.15. The smallest absolute Gasteiger partial charge is 0.314 e. The van der Waals surface area contributed by atoms with Crippen LogP contribution in [0.5, 0.6) is 0 Å². The van der Waals surface area contributed by atoms with Crippen LogP contribution in [0.3, 0.4) is 0 Å². The van der Waals surface area contributed by atoms with Crippen molar-refractivity contribution >= 4 is 51.3 Å². The van der Waals surface area contributed by atoms with Gasteiger partial charge in [0.1, 0.15) is 0 Å². The normalized spacial score (nSPS) is 31.5. The molecule has 0 atom stereocenters. The van der Waals surface area contributed by atoms with Crippen LogP contribution in [-0.2, 0) is 16.5 Å². The minimum atomic E-state index is -2.21. The maximum atomic E-state index is 6.48. The molecule has 20 heavy (non-hydrogen) atoms. The van der Waals surface area contributed by atoms with Crippen molar-refractivity contribution in [3.63, 3.8) is 0 Å². The average molecular weight is 387 g/mol. The highest BCUT2D eigenvalue weighted by molar-refractivity contribution is 8.49. The summed E-state index contributed by atoms with van der Waals surface area (Å²) < 4.78 is 25.7. The number of hydrogen-bond acceptors (Lipinski definition) is 5. The van der Waals surface area contributed by atoms with Crippen LogP contribution < -0.4 is 0 Å². The van der Waals surface area contributed by atoms with Crippen LogP contribution in [0.2, 0.25) is 65.5 Å². The summed E-state index contributed by atoms with van der Waals surface area (Å²) in [5, 5.41) is 0. The van der Waals surface area contributed by atoms with Gasteiger partial charge >= 0.3 is 25.7 Å². The molecule has 0 spiro atoms. The predicted molar refractivity (Wildman–Crippen MR) is 99.3 cm³/mol. The summed E-state index contributed by atoms with van der Waals surface area (Å²) in [5.41, 5.74) is 0. The van der Waals surface area contributed by atoms with E-state index in [1.807, 2.05) is 10.7 Å². The molecule has 0 N–H and O–H groups in total. The van der Waals surface area contributed by atoms with Crippen molar-refractivity contribution in [2.75, 3.05) is 0 Å². The first-order valence-electron chi connectivity index (χ1n) is 7.04. The molecule has 4 nitrogen and oxygen atoms in total. The van der Waals surface area contributed by atoms with E-state index in [-0.39, 0.29) is 0 Å². The molecule has 120 valence electrons. The fraction of sp³-hybridized carbons (Fsp3) is 1.00. The SMILES string of the molecule is C[Si]1(C)O[Si](C)(C)O[Si](C)(C)S[Si](C)(C)O[Si](C)(C)O1. The minimum absolute atomic E-state index is 1.84. The lowest BCUT2D eigenvalue weighted by Gasteiger charge is -2.46. The molecule has 1 aliphatic rings. The summed E-state index contributed by atoms with van der Waals surface area (Å²) in [7, 11) is -8.25. The predicted octanol–water partition coefficient (Wildman–Crippen LogP) is 4.31. The summed E-state index contributed by atoms with van der Waals surface area (Å²) >= 11 is 0. The van der Waals surface area contributed by atoms with E-state index >= 15 is 0 Å². The highest BCUT2D eigenvalue weighted by Crippen LogP contribution is 2.38. The molecule has 0 aromatic carbocycles. The van der Waals surface area contributed by atoms with E-state index in [0.29, 0.717) is 0 Å². The standard InChI is InChI=1S/C10H30O4SSi5/c1-16(2)11-17(3,4)13-19(7,8)15-20(9,10)14-18(5,6)12-16/h1-10H3. The third-order valence-corrected chi connectivity index (χ3v) is 32.5. The van der Waals surface area contributed by atoms with E-state index in [4.69, 9.17) is 16.5 Å². The lowest BCUT2D eigenvalue weighted by molar-refractivity contribution is 0.301. The molecule has 1 aliphatic heterocycles. The van der Waals surface area contributed by atoms with E-state index in [9.17, 15) is 0 Å². The Morgan fingerprint density at radius 3 is 1.00 bits per heavy atom. The molecule has 0 radical (unpaired) electrons. The third-order valence-electron chi connectivity index (χ3n) is 2.46. The van der Waals surface area contributed by atoms with Gasteiger partial charge in [-0.1, -0.05) is 0 Å². The van der Waals surface area contributed by atoms with Crippen LogP contribution in [0.25, 0.3) is 0 Å². The minimum Gasteiger partial charge on any atom is -0.428 e. The Hall–Kier alpha value is 1.27. The number of rotatable bonds is 0. The first-order valence-corrected chi connectivity index (χ1v) is 23.6. The molecular weight excluding hydrogens is 357 g/mol. The first-order chi connectivity index (χ1) is 8.54. The van der Waals surface area contributed by atoms with Gasteiger partial charge in [-0.15, -0.1) is 0 Å². The van der Waals surface area contributed by atoms with Crippen molar-refractivity contribution in [3.05, 3.63) is 0 Å². The second kappa shape index (κ2) is 5.72. The highest BCUT2D eigenvalue weighted by atomic mass is 32.5. The Bertz CT molecular complexity index is 271. The Kier molecular flexibility index (Phi) is 5.53. The quantitative estimate of drug-likeness (QED) is 0.580. The molecular formula is C10H30O4SSi5. The van der Waals surface area contributed by atoms with Crippen LogP contribution in [0, 0.1) is 0 Å². The molecule has 1 fully saturated rings. The number of hydrogen-bond donors (Lipinski definition) is 0. The molecule has 0 amide bonds. The molecule has 0 saturated carbocycles. The topological polar surface area (TPSA) is 36.9 Å². The maximum Gasteiger partial charge on any atom is 0.314 e. The third kappa shape index (κ3) is 6.58. The average Bonchev–Trinajstić information content (AvgIpc) is 1.84. The molecule has 0 bridgehead atoms. The van der Waals surface area contributed by atoms with Crippen LogP contribution in [0.1, 0.15) is 0 Å². The van der Waals surface area contributed by atoms with Gasteiger partial charge in [0.25, 0.3) is 0 Å². The van der Waals surface area contributed by atoms with Gasteiger partial charge in [-0.25, -0.2) is 0 Å². The largest absolute Gasteiger partial charge is 0.428 e. The second-order valence-corrected chi connectivity index (χ2v) is 33.3. The van der Waals surface area contributed by atoms with Gasteiger partial charge in [-0.05, 0) is 65.5 Å². The van der Waals surface area contributed by atoms with Gasteiger partial charge in [-0.3, -0.25) is 0 Å².